The van der Waals surface area contributed by atoms with E-state index in [1.54, 1.807) is 0 Å². The van der Waals surface area contributed by atoms with Crippen LogP contribution in [0.5, 0.6) is 0 Å². The van der Waals surface area contributed by atoms with Crippen molar-refractivity contribution < 1.29 is 0 Å². The average Bonchev–Trinajstić information content (AvgIpc) is 2.63. The number of likely N-dealkylation sites (tertiary alicyclic amines) is 1. The van der Waals surface area contributed by atoms with E-state index in [1.165, 1.54) is 18.5 Å². The second-order valence-corrected chi connectivity index (χ2v) is 4.96. The van der Waals surface area contributed by atoms with Gasteiger partial charge in [-0.15, -0.1) is 0 Å². The molecule has 2 N–H and O–H groups in total. The first-order valence-corrected chi connectivity index (χ1v) is 5.68. The van der Waals surface area contributed by atoms with Gasteiger partial charge in [-0.25, -0.2) is 0 Å². The van der Waals surface area contributed by atoms with E-state index < -0.39 is 0 Å². The lowest BCUT2D eigenvalue weighted by Crippen LogP contribution is -2.31. The maximum absolute atomic E-state index is 5.80. The van der Waals surface area contributed by atoms with Crippen molar-refractivity contribution in [3.8, 4) is 0 Å². The highest BCUT2D eigenvalue weighted by Gasteiger charge is 2.31. The minimum absolute atomic E-state index is 0.342. The Morgan fingerprint density at radius 3 is 2.67 bits per heavy atom. The fourth-order valence-corrected chi connectivity index (χ4v) is 2.27. The Kier molecular flexibility index (Phi) is 3.08. The molecule has 0 saturated carbocycles. The van der Waals surface area contributed by atoms with Gasteiger partial charge in [0.2, 0.25) is 0 Å². The summed E-state index contributed by atoms with van der Waals surface area (Å²) < 4.78 is 0. The van der Waals surface area contributed by atoms with Gasteiger partial charge in [-0.2, -0.15) is 0 Å². The lowest BCUT2D eigenvalue weighted by molar-refractivity contribution is 0.274. The van der Waals surface area contributed by atoms with Crippen LogP contribution in [0.15, 0.2) is 30.3 Å². The van der Waals surface area contributed by atoms with Gasteiger partial charge in [-0.1, -0.05) is 37.3 Å². The molecule has 0 unspecified atom stereocenters. The predicted octanol–water partition coefficient (Wildman–Crippen LogP) is 1.86. The molecular formula is C13H20N2. The molecule has 2 heteroatoms. The number of hydrogen-bond acceptors (Lipinski definition) is 2. The smallest absolute Gasteiger partial charge is 0.0233 e. The molecule has 0 aromatic heterocycles. The summed E-state index contributed by atoms with van der Waals surface area (Å²) in [5, 5.41) is 0. The van der Waals surface area contributed by atoms with Crippen LogP contribution in [0.2, 0.25) is 0 Å². The van der Waals surface area contributed by atoms with Crippen molar-refractivity contribution in [1.29, 1.82) is 0 Å². The highest BCUT2D eigenvalue weighted by atomic mass is 15.2. The third-order valence-electron chi connectivity index (χ3n) is 3.38. The van der Waals surface area contributed by atoms with Crippen molar-refractivity contribution in [3.63, 3.8) is 0 Å². The van der Waals surface area contributed by atoms with Crippen LogP contribution >= 0.6 is 0 Å². The standard InChI is InChI=1S/C13H20N2/c1-13(10-14)7-8-15(11-13)9-12-5-3-2-4-6-12/h2-6H,7-11,14H2,1H3/t13-/m1/s1. The summed E-state index contributed by atoms with van der Waals surface area (Å²) in [4.78, 5) is 2.50. The van der Waals surface area contributed by atoms with E-state index in [1.807, 2.05) is 0 Å². The van der Waals surface area contributed by atoms with E-state index in [-0.39, 0.29) is 0 Å². The Morgan fingerprint density at radius 2 is 2.07 bits per heavy atom. The van der Waals surface area contributed by atoms with Crippen molar-refractivity contribution in [3.05, 3.63) is 35.9 Å². The molecule has 1 fully saturated rings. The third kappa shape index (κ3) is 2.58. The molecule has 1 aliphatic rings. The summed E-state index contributed by atoms with van der Waals surface area (Å²) in [5.74, 6) is 0. The zero-order valence-electron chi connectivity index (χ0n) is 9.45. The number of nitrogens with zero attached hydrogens (tertiary/aromatic N) is 1. The Labute approximate surface area is 92.1 Å². The molecule has 1 aliphatic heterocycles. The van der Waals surface area contributed by atoms with E-state index in [2.05, 4.69) is 42.2 Å². The van der Waals surface area contributed by atoms with Gasteiger partial charge in [0.05, 0.1) is 0 Å². The molecule has 2 nitrogen and oxygen atoms in total. The van der Waals surface area contributed by atoms with Crippen LogP contribution in [0, 0.1) is 5.41 Å². The van der Waals surface area contributed by atoms with Gasteiger partial charge < -0.3 is 5.73 Å². The summed E-state index contributed by atoms with van der Waals surface area (Å²) in [6, 6.07) is 10.7. The fraction of sp³-hybridized carbons (Fsp3) is 0.538. The zero-order chi connectivity index (χ0) is 10.7. The van der Waals surface area contributed by atoms with E-state index >= 15 is 0 Å². The number of benzene rings is 1. The molecule has 82 valence electrons. The summed E-state index contributed by atoms with van der Waals surface area (Å²) in [6.07, 6.45) is 1.23. The first kappa shape index (κ1) is 10.7. The largest absolute Gasteiger partial charge is 0.330 e. The van der Waals surface area contributed by atoms with E-state index in [9.17, 15) is 0 Å². The molecule has 1 saturated heterocycles. The monoisotopic (exact) mass is 204 g/mol. The lowest BCUT2D eigenvalue weighted by atomic mass is 9.90. The second-order valence-electron chi connectivity index (χ2n) is 4.96. The van der Waals surface area contributed by atoms with Crippen LogP contribution in [0.4, 0.5) is 0 Å². The van der Waals surface area contributed by atoms with Crippen LogP contribution in [0.3, 0.4) is 0 Å². The molecule has 0 aliphatic carbocycles. The topological polar surface area (TPSA) is 29.3 Å². The van der Waals surface area contributed by atoms with E-state index in [4.69, 9.17) is 5.73 Å². The number of hydrogen-bond donors (Lipinski definition) is 1. The highest BCUT2D eigenvalue weighted by Crippen LogP contribution is 2.29. The van der Waals surface area contributed by atoms with Crippen molar-refractivity contribution in [2.24, 2.45) is 11.1 Å². The third-order valence-corrected chi connectivity index (χ3v) is 3.38. The minimum atomic E-state index is 0.342. The van der Waals surface area contributed by atoms with Crippen LogP contribution in [-0.2, 0) is 6.54 Å². The SMILES string of the molecule is C[C@]1(CN)CCN(Cc2ccccc2)C1. The summed E-state index contributed by atoms with van der Waals surface area (Å²) in [5.41, 5.74) is 7.54. The van der Waals surface area contributed by atoms with Crippen LogP contribution in [-0.4, -0.2) is 24.5 Å². The van der Waals surface area contributed by atoms with E-state index in [0.717, 1.165) is 19.6 Å². The molecule has 2 rings (SSSR count). The highest BCUT2D eigenvalue weighted by molar-refractivity contribution is 5.14. The van der Waals surface area contributed by atoms with Crippen LogP contribution in [0.1, 0.15) is 18.9 Å². The van der Waals surface area contributed by atoms with Gasteiger partial charge in [-0.05, 0) is 30.5 Å². The van der Waals surface area contributed by atoms with Gasteiger partial charge in [0, 0.05) is 13.1 Å². The molecule has 1 atom stereocenters. The maximum Gasteiger partial charge on any atom is 0.0233 e. The Bertz CT molecular complexity index is 310. The second kappa shape index (κ2) is 4.33. The van der Waals surface area contributed by atoms with Crippen molar-refractivity contribution in [1.82, 2.24) is 4.90 Å². The van der Waals surface area contributed by atoms with Crippen molar-refractivity contribution in [2.45, 2.75) is 19.9 Å². The summed E-state index contributed by atoms with van der Waals surface area (Å²) >= 11 is 0. The minimum Gasteiger partial charge on any atom is -0.330 e. The molecular weight excluding hydrogens is 184 g/mol. The Balaban J connectivity index is 1.93. The van der Waals surface area contributed by atoms with Crippen molar-refractivity contribution in [2.75, 3.05) is 19.6 Å². The van der Waals surface area contributed by atoms with Crippen LogP contribution < -0.4 is 5.73 Å². The van der Waals surface area contributed by atoms with E-state index in [0.29, 0.717) is 5.41 Å². The molecule has 1 aromatic rings. The molecule has 1 heterocycles. The normalized spacial score (nSPS) is 27.1. The quantitative estimate of drug-likeness (QED) is 0.814. The van der Waals surface area contributed by atoms with Crippen LogP contribution in [0.25, 0.3) is 0 Å². The first-order chi connectivity index (χ1) is 7.22. The van der Waals surface area contributed by atoms with Gasteiger partial charge in [0.25, 0.3) is 0 Å². The fourth-order valence-electron chi connectivity index (χ4n) is 2.27. The lowest BCUT2D eigenvalue weighted by Gasteiger charge is -2.22. The molecule has 15 heavy (non-hydrogen) atoms. The molecule has 1 aromatic carbocycles. The average molecular weight is 204 g/mol. The molecule has 0 amide bonds. The molecule has 0 radical (unpaired) electrons. The number of nitrogens with two attached hydrogens (primary N) is 1. The molecule has 0 spiro atoms. The summed E-state index contributed by atoms with van der Waals surface area (Å²) in [7, 11) is 0. The molecule has 0 bridgehead atoms. The summed E-state index contributed by atoms with van der Waals surface area (Å²) in [6.45, 7) is 6.48. The zero-order valence-corrected chi connectivity index (χ0v) is 9.45. The van der Waals surface area contributed by atoms with Gasteiger partial charge in [0.1, 0.15) is 0 Å². The Morgan fingerprint density at radius 1 is 1.33 bits per heavy atom. The van der Waals surface area contributed by atoms with Gasteiger partial charge in [-0.3, -0.25) is 4.90 Å². The first-order valence-electron chi connectivity index (χ1n) is 5.68. The van der Waals surface area contributed by atoms with Gasteiger partial charge in [0.15, 0.2) is 0 Å². The maximum atomic E-state index is 5.80. The van der Waals surface area contributed by atoms with Gasteiger partial charge >= 0.3 is 0 Å². The number of rotatable bonds is 3. The predicted molar refractivity (Wildman–Crippen MR) is 63.5 cm³/mol. The Hall–Kier alpha value is -0.860. The van der Waals surface area contributed by atoms with Crippen molar-refractivity contribution >= 4 is 0 Å².